The zero-order chi connectivity index (χ0) is 17.9. The van der Waals surface area contributed by atoms with E-state index in [1.165, 1.54) is 23.1 Å². The summed E-state index contributed by atoms with van der Waals surface area (Å²) in [5.74, 6) is 0.969. The van der Waals surface area contributed by atoms with E-state index >= 15 is 0 Å². The zero-order valence-corrected chi connectivity index (χ0v) is 16.6. The van der Waals surface area contributed by atoms with E-state index in [1.54, 1.807) is 0 Å². The molecule has 1 aromatic heterocycles. The first-order chi connectivity index (χ1) is 12.1. The molecule has 1 unspecified atom stereocenters. The van der Waals surface area contributed by atoms with Gasteiger partial charge in [0.1, 0.15) is 0 Å². The summed E-state index contributed by atoms with van der Waals surface area (Å²) in [4.78, 5) is 11.8. The Morgan fingerprint density at radius 1 is 1.44 bits per heavy atom. The van der Waals surface area contributed by atoms with Crippen LogP contribution >= 0.6 is 23.1 Å². The van der Waals surface area contributed by atoms with Crippen LogP contribution in [0.2, 0.25) is 0 Å². The standard InChI is InChI=1S/C16H28N4O3S2/c1-12(2)5-8-22-9-6-17-14(21)11-24-16-20-19-15(25-16)18-10-13-4-3-7-23-13/h12-13H,3-11H2,1-2H3,(H,17,21)(H,18,19). The van der Waals surface area contributed by atoms with Gasteiger partial charge >= 0.3 is 0 Å². The van der Waals surface area contributed by atoms with E-state index in [2.05, 4.69) is 34.7 Å². The smallest absolute Gasteiger partial charge is 0.230 e. The van der Waals surface area contributed by atoms with Crippen LogP contribution in [0.3, 0.4) is 0 Å². The number of rotatable bonds is 12. The first kappa shape index (κ1) is 20.4. The molecule has 0 aliphatic carbocycles. The zero-order valence-electron chi connectivity index (χ0n) is 15.0. The number of carbonyl (C=O) groups excluding carboxylic acids is 1. The fourth-order valence-corrected chi connectivity index (χ4v) is 3.80. The highest BCUT2D eigenvalue weighted by molar-refractivity contribution is 8.01. The third kappa shape index (κ3) is 8.84. The van der Waals surface area contributed by atoms with E-state index in [0.717, 1.165) is 48.5 Å². The quantitative estimate of drug-likeness (QED) is 0.420. The van der Waals surface area contributed by atoms with Crippen LogP contribution < -0.4 is 10.6 Å². The fourth-order valence-electron chi connectivity index (χ4n) is 2.21. The Bertz CT molecular complexity index is 507. The number of hydrogen-bond donors (Lipinski definition) is 2. The Morgan fingerprint density at radius 2 is 2.32 bits per heavy atom. The maximum atomic E-state index is 11.8. The van der Waals surface area contributed by atoms with Crippen molar-refractivity contribution < 1.29 is 14.3 Å². The van der Waals surface area contributed by atoms with Crippen molar-refractivity contribution >= 4 is 34.1 Å². The molecular formula is C16H28N4O3S2. The van der Waals surface area contributed by atoms with Crippen LogP contribution in [-0.2, 0) is 14.3 Å². The molecule has 142 valence electrons. The minimum Gasteiger partial charge on any atom is -0.380 e. The topological polar surface area (TPSA) is 85.4 Å². The number of nitrogens with one attached hydrogen (secondary N) is 2. The normalized spacial score (nSPS) is 17.2. The van der Waals surface area contributed by atoms with Gasteiger partial charge in [0, 0.05) is 26.3 Å². The summed E-state index contributed by atoms with van der Waals surface area (Å²) in [7, 11) is 0. The molecule has 2 heterocycles. The molecule has 0 bridgehead atoms. The summed E-state index contributed by atoms with van der Waals surface area (Å²) in [6, 6.07) is 0. The van der Waals surface area contributed by atoms with Crippen molar-refractivity contribution in [3.63, 3.8) is 0 Å². The van der Waals surface area contributed by atoms with Gasteiger partial charge in [0.2, 0.25) is 11.0 Å². The largest absolute Gasteiger partial charge is 0.380 e. The van der Waals surface area contributed by atoms with Crippen LogP contribution in [0.1, 0.15) is 33.1 Å². The molecule has 2 rings (SSSR count). The molecule has 7 nitrogen and oxygen atoms in total. The van der Waals surface area contributed by atoms with E-state index in [0.29, 0.717) is 24.8 Å². The maximum Gasteiger partial charge on any atom is 0.230 e. The first-order valence-electron chi connectivity index (χ1n) is 8.79. The SMILES string of the molecule is CC(C)CCOCCNC(=O)CSc1nnc(NCC2CCCO2)s1. The summed E-state index contributed by atoms with van der Waals surface area (Å²) in [6.07, 6.45) is 3.54. The average Bonchev–Trinajstić information content (AvgIpc) is 3.25. The van der Waals surface area contributed by atoms with E-state index in [9.17, 15) is 4.79 Å². The van der Waals surface area contributed by atoms with Crippen molar-refractivity contribution in [2.75, 3.05) is 44.0 Å². The number of aromatic nitrogens is 2. The van der Waals surface area contributed by atoms with Crippen LogP contribution in [0.25, 0.3) is 0 Å². The molecule has 1 aromatic rings. The maximum absolute atomic E-state index is 11.8. The second kappa shape index (κ2) is 11.7. The van der Waals surface area contributed by atoms with Gasteiger partial charge in [0.25, 0.3) is 0 Å². The molecule has 0 spiro atoms. The number of ether oxygens (including phenoxy) is 2. The number of amides is 1. The van der Waals surface area contributed by atoms with Crippen molar-refractivity contribution in [3.8, 4) is 0 Å². The Balaban J connectivity index is 1.52. The van der Waals surface area contributed by atoms with Crippen molar-refractivity contribution in [3.05, 3.63) is 0 Å². The number of thioether (sulfide) groups is 1. The summed E-state index contributed by atoms with van der Waals surface area (Å²) in [6.45, 7) is 7.78. The number of carbonyl (C=O) groups is 1. The molecule has 1 fully saturated rings. The molecule has 25 heavy (non-hydrogen) atoms. The molecule has 0 aromatic carbocycles. The third-order valence-corrected chi connectivity index (χ3v) is 5.66. The van der Waals surface area contributed by atoms with Gasteiger partial charge in [-0.2, -0.15) is 0 Å². The van der Waals surface area contributed by atoms with Gasteiger partial charge in [-0.05, 0) is 25.2 Å². The molecular weight excluding hydrogens is 360 g/mol. The summed E-state index contributed by atoms with van der Waals surface area (Å²) in [5, 5.41) is 15.1. The summed E-state index contributed by atoms with van der Waals surface area (Å²) in [5.41, 5.74) is 0. The highest BCUT2D eigenvalue weighted by atomic mass is 32.2. The molecule has 1 aliphatic heterocycles. The van der Waals surface area contributed by atoms with E-state index in [-0.39, 0.29) is 12.0 Å². The predicted octanol–water partition coefficient (Wildman–Crippen LogP) is 2.40. The van der Waals surface area contributed by atoms with Gasteiger partial charge < -0.3 is 20.1 Å². The summed E-state index contributed by atoms with van der Waals surface area (Å²) < 4.78 is 11.8. The number of anilines is 1. The number of nitrogens with zero attached hydrogens (tertiary/aromatic N) is 2. The Kier molecular flexibility index (Phi) is 9.52. The van der Waals surface area contributed by atoms with Crippen LogP contribution in [0, 0.1) is 5.92 Å². The minimum atomic E-state index is -0.0125. The van der Waals surface area contributed by atoms with Crippen molar-refractivity contribution in [1.82, 2.24) is 15.5 Å². The Hall–Kier alpha value is -0.900. The summed E-state index contributed by atoms with van der Waals surface area (Å²) >= 11 is 2.87. The Morgan fingerprint density at radius 3 is 3.08 bits per heavy atom. The van der Waals surface area contributed by atoms with Gasteiger partial charge in [0.05, 0.1) is 18.5 Å². The third-order valence-electron chi connectivity index (χ3n) is 3.65. The van der Waals surface area contributed by atoms with Crippen molar-refractivity contribution in [1.29, 1.82) is 0 Å². The van der Waals surface area contributed by atoms with E-state index in [1.807, 2.05) is 0 Å². The molecule has 0 radical (unpaired) electrons. The van der Waals surface area contributed by atoms with Gasteiger partial charge in [-0.1, -0.05) is 36.9 Å². The first-order valence-corrected chi connectivity index (χ1v) is 10.6. The van der Waals surface area contributed by atoms with Gasteiger partial charge in [-0.25, -0.2) is 0 Å². The average molecular weight is 389 g/mol. The van der Waals surface area contributed by atoms with Crippen LogP contribution in [0.15, 0.2) is 4.34 Å². The second-order valence-corrected chi connectivity index (χ2v) is 8.52. The number of hydrogen-bond acceptors (Lipinski definition) is 8. The van der Waals surface area contributed by atoms with Gasteiger partial charge in [-0.3, -0.25) is 4.79 Å². The second-order valence-electron chi connectivity index (χ2n) is 6.32. The molecule has 1 aliphatic rings. The molecule has 1 atom stereocenters. The highest BCUT2D eigenvalue weighted by Crippen LogP contribution is 2.25. The monoisotopic (exact) mass is 388 g/mol. The lowest BCUT2D eigenvalue weighted by Gasteiger charge is -2.08. The minimum absolute atomic E-state index is 0.0125. The lowest BCUT2D eigenvalue weighted by Crippen LogP contribution is -2.28. The van der Waals surface area contributed by atoms with Crippen LogP contribution in [-0.4, -0.2) is 60.9 Å². The molecule has 2 N–H and O–H groups in total. The molecule has 1 saturated heterocycles. The van der Waals surface area contributed by atoms with Gasteiger partial charge in [-0.15, -0.1) is 10.2 Å². The highest BCUT2D eigenvalue weighted by Gasteiger charge is 2.16. The van der Waals surface area contributed by atoms with Crippen molar-refractivity contribution in [2.24, 2.45) is 5.92 Å². The lowest BCUT2D eigenvalue weighted by molar-refractivity contribution is -0.118. The molecule has 9 heteroatoms. The van der Waals surface area contributed by atoms with E-state index < -0.39 is 0 Å². The lowest BCUT2D eigenvalue weighted by atomic mass is 10.1. The predicted molar refractivity (Wildman–Crippen MR) is 101 cm³/mol. The molecule has 1 amide bonds. The van der Waals surface area contributed by atoms with Crippen molar-refractivity contribution in [2.45, 2.75) is 43.6 Å². The van der Waals surface area contributed by atoms with Gasteiger partial charge in [0.15, 0.2) is 4.34 Å². The van der Waals surface area contributed by atoms with E-state index in [4.69, 9.17) is 9.47 Å². The Labute approximate surface area is 157 Å². The van der Waals surface area contributed by atoms with Crippen LogP contribution in [0.4, 0.5) is 5.13 Å². The van der Waals surface area contributed by atoms with Crippen LogP contribution in [0.5, 0.6) is 0 Å². The fraction of sp³-hybridized carbons (Fsp3) is 0.812. The molecule has 0 saturated carbocycles.